The van der Waals surface area contributed by atoms with E-state index in [1.54, 1.807) is 25.3 Å². The highest BCUT2D eigenvalue weighted by molar-refractivity contribution is 9.10. The number of nitrogen functional groups attached to an aromatic ring is 1. The fourth-order valence-electron chi connectivity index (χ4n) is 1.14. The average Bonchev–Trinajstić information content (AvgIpc) is 2.30. The van der Waals surface area contributed by atoms with Gasteiger partial charge in [0.2, 0.25) is 0 Å². The molecule has 0 amide bonds. The van der Waals surface area contributed by atoms with Gasteiger partial charge in [-0.1, -0.05) is 18.2 Å². The lowest BCUT2D eigenvalue weighted by molar-refractivity contribution is 0.412. The first-order valence-corrected chi connectivity index (χ1v) is 5.76. The average molecular weight is 296 g/mol. The predicted molar refractivity (Wildman–Crippen MR) is 73.2 cm³/mol. The van der Waals surface area contributed by atoms with E-state index in [1.807, 2.05) is 24.3 Å². The van der Waals surface area contributed by atoms with Crippen molar-refractivity contribution in [3.8, 4) is 11.5 Å². The summed E-state index contributed by atoms with van der Waals surface area (Å²) in [4.78, 5) is 0. The van der Waals surface area contributed by atoms with Crippen molar-refractivity contribution in [3.63, 3.8) is 0 Å². The molecule has 0 saturated carbocycles. The lowest BCUT2D eigenvalue weighted by Gasteiger charge is -1.99. The molecule has 17 heavy (non-hydrogen) atoms. The van der Waals surface area contributed by atoms with Crippen LogP contribution < -0.4 is 10.5 Å². The minimum absolute atomic E-state index is 0.213. The molecule has 0 aliphatic heterocycles. The van der Waals surface area contributed by atoms with Gasteiger partial charge in [0.1, 0.15) is 11.5 Å². The topological polar surface area (TPSA) is 55.5 Å². The van der Waals surface area contributed by atoms with Crippen LogP contribution in [0.25, 0.3) is 0 Å². The van der Waals surface area contributed by atoms with Gasteiger partial charge in [0.25, 0.3) is 0 Å². The second-order valence-corrected chi connectivity index (χ2v) is 4.08. The van der Waals surface area contributed by atoms with Gasteiger partial charge in [-0.2, -0.15) is 0 Å². The zero-order valence-electron chi connectivity index (χ0n) is 9.43. The number of hydrogen-bond acceptors (Lipinski definition) is 3. The normalized spacial score (nSPS) is 9.06. The van der Waals surface area contributed by atoms with Crippen LogP contribution in [0.1, 0.15) is 0 Å². The minimum Gasteiger partial charge on any atom is -0.508 e. The van der Waals surface area contributed by atoms with E-state index in [9.17, 15) is 0 Å². The van der Waals surface area contributed by atoms with E-state index in [0.29, 0.717) is 5.69 Å². The molecule has 0 fully saturated rings. The molecule has 2 rings (SSSR count). The van der Waals surface area contributed by atoms with Gasteiger partial charge in [-0.15, -0.1) is 0 Å². The number of phenolic OH excluding ortho intramolecular Hbond substituents is 1. The molecule has 2 aromatic carbocycles. The Hall–Kier alpha value is -1.68. The van der Waals surface area contributed by atoms with Gasteiger partial charge in [-0.05, 0) is 40.2 Å². The molecule has 0 unspecified atom stereocenters. The van der Waals surface area contributed by atoms with Crippen molar-refractivity contribution in [2.24, 2.45) is 0 Å². The van der Waals surface area contributed by atoms with Crippen molar-refractivity contribution in [2.75, 3.05) is 12.8 Å². The van der Waals surface area contributed by atoms with Crippen LogP contribution in [0.3, 0.4) is 0 Å². The van der Waals surface area contributed by atoms with Crippen LogP contribution >= 0.6 is 15.9 Å². The highest BCUT2D eigenvalue weighted by Crippen LogP contribution is 2.22. The third-order valence-corrected chi connectivity index (χ3v) is 2.58. The van der Waals surface area contributed by atoms with Gasteiger partial charge in [0, 0.05) is 11.8 Å². The van der Waals surface area contributed by atoms with Crippen molar-refractivity contribution < 1.29 is 9.84 Å². The Balaban J connectivity index is 0.000000171. The molecular formula is C13H14BrNO2. The molecule has 0 aliphatic rings. The van der Waals surface area contributed by atoms with Crippen molar-refractivity contribution in [2.45, 2.75) is 0 Å². The van der Waals surface area contributed by atoms with Crippen LogP contribution in [-0.4, -0.2) is 12.2 Å². The third kappa shape index (κ3) is 4.78. The van der Waals surface area contributed by atoms with E-state index in [2.05, 4.69) is 15.9 Å². The molecule has 3 N–H and O–H groups in total. The van der Waals surface area contributed by atoms with Crippen LogP contribution in [-0.2, 0) is 0 Å². The zero-order valence-corrected chi connectivity index (χ0v) is 11.0. The van der Waals surface area contributed by atoms with Gasteiger partial charge >= 0.3 is 0 Å². The summed E-state index contributed by atoms with van der Waals surface area (Å²) in [5.41, 5.74) is 5.89. The summed E-state index contributed by atoms with van der Waals surface area (Å²) < 4.78 is 5.99. The largest absolute Gasteiger partial charge is 0.508 e. The van der Waals surface area contributed by atoms with Gasteiger partial charge in [0.05, 0.1) is 11.6 Å². The molecule has 2 aromatic rings. The smallest absolute Gasteiger partial charge is 0.133 e. The molecule has 90 valence electrons. The maximum absolute atomic E-state index is 8.73. The number of benzene rings is 2. The molecule has 0 atom stereocenters. The van der Waals surface area contributed by atoms with Crippen molar-refractivity contribution in [1.82, 2.24) is 0 Å². The summed E-state index contributed by atoms with van der Waals surface area (Å²) >= 11 is 3.33. The predicted octanol–water partition coefficient (Wildman–Crippen LogP) is 3.43. The summed E-state index contributed by atoms with van der Waals surface area (Å²) in [6.45, 7) is 0. The number of ether oxygens (including phenoxy) is 1. The molecule has 0 spiro atoms. The summed E-state index contributed by atoms with van der Waals surface area (Å²) in [5.74, 6) is 1.09. The molecule has 3 nitrogen and oxygen atoms in total. The van der Waals surface area contributed by atoms with Crippen LogP contribution in [0.4, 0.5) is 5.69 Å². The van der Waals surface area contributed by atoms with Crippen molar-refractivity contribution in [3.05, 3.63) is 53.0 Å². The number of methoxy groups -OCH3 is 1. The highest BCUT2D eigenvalue weighted by Gasteiger charge is 1.92. The Morgan fingerprint density at radius 1 is 1.12 bits per heavy atom. The van der Waals surface area contributed by atoms with Gasteiger partial charge in [-0.3, -0.25) is 0 Å². The van der Waals surface area contributed by atoms with Gasteiger partial charge in [-0.25, -0.2) is 0 Å². The molecule has 0 bridgehead atoms. The van der Waals surface area contributed by atoms with Gasteiger partial charge < -0.3 is 15.6 Å². The fourth-order valence-corrected chi connectivity index (χ4v) is 1.58. The molecule has 0 saturated heterocycles. The first-order chi connectivity index (χ1) is 8.13. The van der Waals surface area contributed by atoms with E-state index in [1.165, 1.54) is 6.07 Å². The highest BCUT2D eigenvalue weighted by atomic mass is 79.9. The Morgan fingerprint density at radius 3 is 2.24 bits per heavy atom. The monoisotopic (exact) mass is 295 g/mol. The number of aromatic hydroxyl groups is 1. The Bertz CT molecular complexity index is 457. The maximum Gasteiger partial charge on any atom is 0.133 e. The van der Waals surface area contributed by atoms with Crippen LogP contribution in [0.5, 0.6) is 11.5 Å². The van der Waals surface area contributed by atoms with E-state index < -0.39 is 0 Å². The van der Waals surface area contributed by atoms with Gasteiger partial charge in [0.15, 0.2) is 0 Å². The number of phenols is 1. The number of rotatable bonds is 1. The summed E-state index contributed by atoms with van der Waals surface area (Å²) in [6.07, 6.45) is 0. The second-order valence-electron chi connectivity index (χ2n) is 3.23. The summed E-state index contributed by atoms with van der Waals surface area (Å²) in [5, 5.41) is 8.73. The fraction of sp³-hybridized carbons (Fsp3) is 0.0769. The van der Waals surface area contributed by atoms with E-state index in [-0.39, 0.29) is 5.75 Å². The summed E-state index contributed by atoms with van der Waals surface area (Å²) in [7, 11) is 1.65. The van der Waals surface area contributed by atoms with E-state index in [0.717, 1.165) is 10.2 Å². The minimum atomic E-state index is 0.213. The Kier molecular flexibility index (Phi) is 5.36. The van der Waals surface area contributed by atoms with Crippen LogP contribution in [0.2, 0.25) is 0 Å². The van der Waals surface area contributed by atoms with Crippen molar-refractivity contribution >= 4 is 21.6 Å². The zero-order chi connectivity index (χ0) is 12.7. The van der Waals surface area contributed by atoms with Crippen LogP contribution in [0.15, 0.2) is 53.0 Å². The molecule has 0 radical (unpaired) electrons. The Morgan fingerprint density at radius 2 is 1.82 bits per heavy atom. The Labute approximate surface area is 109 Å². The first kappa shape index (κ1) is 13.4. The summed E-state index contributed by atoms with van der Waals surface area (Å²) in [6, 6.07) is 14.2. The standard InChI is InChI=1S/C7H7BrO.C6H7NO/c1-9-7-5-3-2-4-6(7)8;7-5-2-1-3-6(8)4-5/h2-5H,1H3;1-4,8H,7H2. The molecule has 4 heteroatoms. The lowest BCUT2D eigenvalue weighted by Crippen LogP contribution is -1.81. The number of nitrogens with two attached hydrogens (primary N) is 1. The van der Waals surface area contributed by atoms with E-state index >= 15 is 0 Å². The SMILES string of the molecule is COc1ccccc1Br.Nc1cccc(O)c1. The lowest BCUT2D eigenvalue weighted by atomic mass is 10.3. The first-order valence-electron chi connectivity index (χ1n) is 4.96. The van der Waals surface area contributed by atoms with E-state index in [4.69, 9.17) is 15.6 Å². The number of para-hydroxylation sites is 1. The maximum atomic E-state index is 8.73. The quantitative estimate of drug-likeness (QED) is 0.793. The number of halogens is 1. The van der Waals surface area contributed by atoms with Crippen LogP contribution in [0, 0.1) is 0 Å². The molecular weight excluding hydrogens is 282 g/mol. The number of anilines is 1. The molecule has 0 heterocycles. The number of hydrogen-bond donors (Lipinski definition) is 2. The molecule has 0 aliphatic carbocycles. The molecule has 0 aromatic heterocycles. The van der Waals surface area contributed by atoms with Crippen molar-refractivity contribution in [1.29, 1.82) is 0 Å². The third-order valence-electron chi connectivity index (χ3n) is 1.93. The second kappa shape index (κ2) is 6.81.